The van der Waals surface area contributed by atoms with Gasteiger partial charge in [0, 0.05) is 6.04 Å². The molecule has 0 saturated carbocycles. The van der Waals surface area contributed by atoms with Gasteiger partial charge in [-0.2, -0.15) is 0 Å². The Morgan fingerprint density at radius 2 is 1.94 bits per heavy atom. The molecule has 94 valence electrons. The van der Waals surface area contributed by atoms with Crippen LogP contribution in [-0.2, 0) is 16.0 Å². The van der Waals surface area contributed by atoms with Crippen LogP contribution < -0.4 is 11.5 Å². The number of hydrogen-bond acceptors (Lipinski definition) is 4. The molecule has 6 heteroatoms. The second-order valence-corrected chi connectivity index (χ2v) is 3.19. The van der Waals surface area contributed by atoms with Crippen LogP contribution in [-0.4, -0.2) is 30.3 Å². The van der Waals surface area contributed by atoms with Crippen molar-refractivity contribution in [1.29, 1.82) is 0 Å². The van der Waals surface area contributed by atoms with Crippen LogP contribution in [0.1, 0.15) is 5.56 Å². The zero-order chi connectivity index (χ0) is 13.1. The maximum absolute atomic E-state index is 10.3. The summed E-state index contributed by atoms with van der Waals surface area (Å²) in [5.41, 5.74) is 11.7. The fourth-order valence-corrected chi connectivity index (χ4v) is 1.16. The molecular weight excluding hydrogens is 224 g/mol. The molecule has 1 atom stereocenters. The van der Waals surface area contributed by atoms with Crippen LogP contribution in [0, 0.1) is 0 Å². The number of hydrogen-bond donors (Lipinski definition) is 3. The molecule has 1 aromatic rings. The van der Waals surface area contributed by atoms with Gasteiger partial charge >= 0.3 is 6.09 Å². The zero-order valence-corrected chi connectivity index (χ0v) is 9.28. The lowest BCUT2D eigenvalue weighted by Crippen LogP contribution is -2.31. The largest absolute Gasteiger partial charge is 0.483 e. The highest BCUT2D eigenvalue weighted by molar-refractivity contribution is 5.64. The highest BCUT2D eigenvalue weighted by Gasteiger charge is 2.05. The Morgan fingerprint density at radius 1 is 1.41 bits per heavy atom. The Balaban J connectivity index is 0.000000770. The van der Waals surface area contributed by atoms with Crippen molar-refractivity contribution in [3.63, 3.8) is 0 Å². The summed E-state index contributed by atoms with van der Waals surface area (Å²) in [5, 5.41) is 6.89. The summed E-state index contributed by atoms with van der Waals surface area (Å²) in [6.45, 7) is -0.0930. The van der Waals surface area contributed by atoms with E-state index in [2.05, 4.69) is 4.74 Å². The normalized spacial score (nSPS) is 10.6. The Kier molecular flexibility index (Phi) is 8.05. The molecule has 1 aromatic carbocycles. The van der Waals surface area contributed by atoms with E-state index in [-0.39, 0.29) is 19.1 Å². The van der Waals surface area contributed by atoms with Gasteiger partial charge in [-0.05, 0) is 12.0 Å². The summed E-state index contributed by atoms with van der Waals surface area (Å²) in [7, 11) is 0. The van der Waals surface area contributed by atoms with Gasteiger partial charge in [0.25, 0.3) is 6.47 Å². The van der Waals surface area contributed by atoms with Crippen molar-refractivity contribution >= 4 is 12.6 Å². The van der Waals surface area contributed by atoms with E-state index in [4.69, 9.17) is 21.4 Å². The topological polar surface area (TPSA) is 116 Å². The molecule has 5 N–H and O–H groups in total. The van der Waals surface area contributed by atoms with E-state index < -0.39 is 6.09 Å². The molecule has 0 aliphatic heterocycles. The Hall–Kier alpha value is -2.08. The lowest BCUT2D eigenvalue weighted by Gasteiger charge is -2.10. The molecule has 17 heavy (non-hydrogen) atoms. The van der Waals surface area contributed by atoms with E-state index in [0.717, 1.165) is 5.56 Å². The fraction of sp³-hybridized carbons (Fsp3) is 0.273. The van der Waals surface area contributed by atoms with Crippen molar-refractivity contribution in [3.8, 4) is 0 Å². The number of ether oxygens (including phenoxy) is 1. The standard InChI is InChI=1S/C10H14N2O2.CH2O2/c11-9(7-14-10(12)13)6-8-4-2-1-3-5-8;2-1-3/h1-5,9H,6-7,11H2,(H2,12,13);1H,(H,2,3). The van der Waals surface area contributed by atoms with Gasteiger partial charge in [0.1, 0.15) is 6.61 Å². The molecule has 0 saturated heterocycles. The van der Waals surface area contributed by atoms with Crippen LogP contribution in [0.25, 0.3) is 0 Å². The first kappa shape index (κ1) is 14.9. The number of nitrogens with two attached hydrogens (primary N) is 2. The molecule has 1 amide bonds. The number of carboxylic acid groups (broad SMARTS) is 1. The van der Waals surface area contributed by atoms with Gasteiger partial charge in [-0.1, -0.05) is 30.3 Å². The fourth-order valence-electron chi connectivity index (χ4n) is 1.16. The highest BCUT2D eigenvalue weighted by atomic mass is 16.5. The predicted octanol–water partition coefficient (Wildman–Crippen LogP) is 0.352. The maximum atomic E-state index is 10.3. The van der Waals surface area contributed by atoms with Crippen LogP contribution in [0.15, 0.2) is 30.3 Å². The van der Waals surface area contributed by atoms with Gasteiger partial charge in [0.05, 0.1) is 0 Å². The number of primary amides is 1. The minimum Gasteiger partial charge on any atom is -0.483 e. The second kappa shape index (κ2) is 9.17. The lowest BCUT2D eigenvalue weighted by atomic mass is 10.1. The van der Waals surface area contributed by atoms with Gasteiger partial charge in [0.2, 0.25) is 0 Å². The van der Waals surface area contributed by atoms with Crippen molar-refractivity contribution in [1.82, 2.24) is 0 Å². The molecule has 0 bridgehead atoms. The van der Waals surface area contributed by atoms with Crippen molar-refractivity contribution in [3.05, 3.63) is 35.9 Å². The first-order valence-corrected chi connectivity index (χ1v) is 4.89. The smallest absolute Gasteiger partial charge is 0.404 e. The molecule has 0 spiro atoms. The van der Waals surface area contributed by atoms with E-state index in [9.17, 15) is 4.79 Å². The monoisotopic (exact) mass is 240 g/mol. The lowest BCUT2D eigenvalue weighted by molar-refractivity contribution is -0.122. The summed E-state index contributed by atoms with van der Waals surface area (Å²) in [4.78, 5) is 18.7. The molecule has 0 aromatic heterocycles. The molecule has 0 heterocycles. The number of carbonyl (C=O) groups is 2. The molecule has 0 radical (unpaired) electrons. The number of benzene rings is 1. The van der Waals surface area contributed by atoms with E-state index in [0.29, 0.717) is 6.42 Å². The third kappa shape index (κ3) is 8.88. The minimum atomic E-state index is -0.784. The van der Waals surface area contributed by atoms with Gasteiger partial charge < -0.3 is 21.3 Å². The van der Waals surface area contributed by atoms with E-state index in [1.807, 2.05) is 30.3 Å². The maximum Gasteiger partial charge on any atom is 0.404 e. The van der Waals surface area contributed by atoms with Crippen LogP contribution in [0.2, 0.25) is 0 Å². The van der Waals surface area contributed by atoms with Crippen molar-refractivity contribution in [2.45, 2.75) is 12.5 Å². The van der Waals surface area contributed by atoms with Crippen LogP contribution in [0.4, 0.5) is 4.79 Å². The second-order valence-electron chi connectivity index (χ2n) is 3.19. The predicted molar refractivity (Wildman–Crippen MR) is 62.3 cm³/mol. The molecule has 0 fully saturated rings. The quantitative estimate of drug-likeness (QED) is 0.657. The summed E-state index contributed by atoms with van der Waals surface area (Å²) in [6, 6.07) is 9.57. The van der Waals surface area contributed by atoms with Crippen LogP contribution in [0.5, 0.6) is 0 Å². The van der Waals surface area contributed by atoms with Gasteiger partial charge in [-0.15, -0.1) is 0 Å². The zero-order valence-electron chi connectivity index (χ0n) is 9.28. The van der Waals surface area contributed by atoms with Crippen LogP contribution in [0.3, 0.4) is 0 Å². The van der Waals surface area contributed by atoms with Gasteiger partial charge in [0.15, 0.2) is 0 Å². The van der Waals surface area contributed by atoms with Crippen molar-refractivity contribution < 1.29 is 19.4 Å². The van der Waals surface area contributed by atoms with E-state index in [1.165, 1.54) is 0 Å². The Morgan fingerprint density at radius 3 is 2.41 bits per heavy atom. The molecule has 0 aliphatic rings. The average molecular weight is 240 g/mol. The third-order valence-electron chi connectivity index (χ3n) is 1.78. The van der Waals surface area contributed by atoms with E-state index >= 15 is 0 Å². The highest BCUT2D eigenvalue weighted by Crippen LogP contribution is 2.01. The molecule has 1 unspecified atom stereocenters. The first-order chi connectivity index (χ1) is 8.10. The summed E-state index contributed by atoms with van der Waals surface area (Å²) < 4.78 is 4.59. The number of carbonyl (C=O) groups excluding carboxylic acids is 1. The molecule has 6 nitrogen and oxygen atoms in total. The number of amides is 1. The van der Waals surface area contributed by atoms with Crippen molar-refractivity contribution in [2.75, 3.05) is 6.61 Å². The summed E-state index contributed by atoms with van der Waals surface area (Å²) >= 11 is 0. The summed E-state index contributed by atoms with van der Waals surface area (Å²) in [6.07, 6.45) is -0.109. The molecular formula is C11H16N2O4. The Labute approximate surface area is 99.2 Å². The van der Waals surface area contributed by atoms with E-state index in [1.54, 1.807) is 0 Å². The minimum absolute atomic E-state index is 0.157. The van der Waals surface area contributed by atoms with Gasteiger partial charge in [-0.3, -0.25) is 4.79 Å². The van der Waals surface area contributed by atoms with Crippen molar-refractivity contribution in [2.24, 2.45) is 11.5 Å². The summed E-state index contributed by atoms with van der Waals surface area (Å²) in [5.74, 6) is 0. The Bertz CT molecular complexity index is 330. The first-order valence-electron chi connectivity index (χ1n) is 4.89. The average Bonchev–Trinajstić information content (AvgIpc) is 2.29. The van der Waals surface area contributed by atoms with Gasteiger partial charge in [-0.25, -0.2) is 4.79 Å². The SMILES string of the molecule is NC(=O)OCC(N)Cc1ccccc1.O=CO. The third-order valence-corrected chi connectivity index (χ3v) is 1.78. The molecule has 1 rings (SSSR count). The number of rotatable bonds is 4. The van der Waals surface area contributed by atoms with Crippen LogP contribution >= 0.6 is 0 Å². The molecule has 0 aliphatic carbocycles.